The zero-order valence-corrected chi connectivity index (χ0v) is 11.9. The summed E-state index contributed by atoms with van der Waals surface area (Å²) in [6, 6.07) is 1.99. The molecule has 104 valence electrons. The van der Waals surface area contributed by atoms with E-state index >= 15 is 0 Å². The molecule has 0 unspecified atom stereocenters. The zero-order valence-electron chi connectivity index (χ0n) is 11.9. The van der Waals surface area contributed by atoms with E-state index < -0.39 is 0 Å². The molecular weight excluding hydrogens is 228 g/mol. The first kappa shape index (κ1) is 15.2. The first-order valence-corrected chi connectivity index (χ1v) is 6.72. The van der Waals surface area contributed by atoms with E-state index in [1.807, 2.05) is 6.07 Å². The number of hydrogen-bond donors (Lipinski definition) is 1. The van der Waals surface area contributed by atoms with Gasteiger partial charge in [-0.3, -0.25) is 0 Å². The third-order valence-corrected chi connectivity index (χ3v) is 2.70. The van der Waals surface area contributed by atoms with Crippen LogP contribution in [0.2, 0.25) is 0 Å². The van der Waals surface area contributed by atoms with Crippen molar-refractivity contribution in [1.29, 1.82) is 0 Å². The highest BCUT2D eigenvalue weighted by atomic mass is 16.5. The molecule has 18 heavy (non-hydrogen) atoms. The lowest BCUT2D eigenvalue weighted by Gasteiger charge is -2.09. The van der Waals surface area contributed by atoms with Crippen LogP contribution in [-0.2, 0) is 17.9 Å². The average molecular weight is 254 g/mol. The second-order valence-corrected chi connectivity index (χ2v) is 4.76. The summed E-state index contributed by atoms with van der Waals surface area (Å²) in [5.41, 5.74) is 1.16. The van der Waals surface area contributed by atoms with Crippen molar-refractivity contribution >= 4 is 0 Å². The van der Waals surface area contributed by atoms with Gasteiger partial charge in [-0.25, -0.2) is 0 Å². The summed E-state index contributed by atoms with van der Waals surface area (Å²) in [5.74, 6) is 0.996. The Labute approximate surface area is 110 Å². The molecule has 0 radical (unpaired) electrons. The molecular formula is C14H26N2O2. The van der Waals surface area contributed by atoms with Crippen LogP contribution in [0.25, 0.3) is 0 Å². The second kappa shape index (κ2) is 9.14. The normalized spacial score (nSPS) is 11.3. The lowest BCUT2D eigenvalue weighted by Crippen LogP contribution is -2.15. The number of nitrogens with zero attached hydrogens (tertiary/aromatic N) is 1. The molecule has 1 N–H and O–H groups in total. The van der Waals surface area contributed by atoms with Gasteiger partial charge in [-0.1, -0.05) is 6.92 Å². The molecule has 0 bridgehead atoms. The van der Waals surface area contributed by atoms with Gasteiger partial charge in [-0.05, 0) is 46.1 Å². The summed E-state index contributed by atoms with van der Waals surface area (Å²) in [7, 11) is 4.15. The van der Waals surface area contributed by atoms with E-state index in [0.717, 1.165) is 50.4 Å². The molecule has 0 saturated carbocycles. The highest BCUT2D eigenvalue weighted by molar-refractivity contribution is 5.15. The Morgan fingerprint density at radius 3 is 2.94 bits per heavy atom. The van der Waals surface area contributed by atoms with Crippen LogP contribution in [0.1, 0.15) is 31.1 Å². The zero-order chi connectivity index (χ0) is 13.2. The quantitative estimate of drug-likeness (QED) is 0.650. The number of ether oxygens (including phenoxy) is 1. The molecule has 1 heterocycles. The lowest BCUT2D eigenvalue weighted by atomic mass is 10.2. The second-order valence-electron chi connectivity index (χ2n) is 4.76. The molecule has 4 nitrogen and oxygen atoms in total. The van der Waals surface area contributed by atoms with Crippen LogP contribution >= 0.6 is 0 Å². The Balaban J connectivity index is 2.19. The van der Waals surface area contributed by atoms with Crippen molar-refractivity contribution < 1.29 is 9.15 Å². The first-order valence-electron chi connectivity index (χ1n) is 6.72. The molecule has 0 saturated heterocycles. The Bertz CT molecular complexity index is 310. The van der Waals surface area contributed by atoms with Crippen molar-refractivity contribution in [3.8, 4) is 0 Å². The van der Waals surface area contributed by atoms with E-state index in [-0.39, 0.29) is 0 Å². The number of rotatable bonds is 10. The maximum absolute atomic E-state index is 5.66. The first-order chi connectivity index (χ1) is 8.74. The van der Waals surface area contributed by atoms with E-state index in [9.17, 15) is 0 Å². The molecule has 0 atom stereocenters. The Morgan fingerprint density at radius 2 is 2.22 bits per heavy atom. The van der Waals surface area contributed by atoms with Gasteiger partial charge in [-0.15, -0.1) is 0 Å². The summed E-state index contributed by atoms with van der Waals surface area (Å²) >= 11 is 0. The third-order valence-electron chi connectivity index (χ3n) is 2.70. The van der Waals surface area contributed by atoms with Gasteiger partial charge < -0.3 is 19.4 Å². The van der Waals surface area contributed by atoms with Crippen LogP contribution in [0, 0.1) is 0 Å². The fourth-order valence-electron chi connectivity index (χ4n) is 1.69. The molecule has 1 aromatic rings. The molecule has 1 aromatic heterocycles. The average Bonchev–Trinajstić information content (AvgIpc) is 2.76. The van der Waals surface area contributed by atoms with Crippen LogP contribution in [0.15, 0.2) is 16.7 Å². The van der Waals surface area contributed by atoms with Gasteiger partial charge in [-0.2, -0.15) is 0 Å². The van der Waals surface area contributed by atoms with Crippen molar-refractivity contribution in [3.63, 3.8) is 0 Å². The van der Waals surface area contributed by atoms with Crippen molar-refractivity contribution in [3.05, 3.63) is 23.7 Å². The molecule has 0 spiro atoms. The molecule has 0 aliphatic rings. The number of furan rings is 1. The van der Waals surface area contributed by atoms with Gasteiger partial charge >= 0.3 is 0 Å². The van der Waals surface area contributed by atoms with Gasteiger partial charge in [0.15, 0.2) is 0 Å². The molecule has 0 aliphatic carbocycles. The van der Waals surface area contributed by atoms with Crippen molar-refractivity contribution in [2.24, 2.45) is 0 Å². The standard InChI is InChI=1S/C14H26N2O2/c1-4-7-15-11-14-13(6-10-18-14)12-17-9-5-8-16(2)3/h6,10,15H,4-5,7-9,11-12H2,1-3H3. The van der Waals surface area contributed by atoms with Gasteiger partial charge in [0.05, 0.1) is 19.4 Å². The third kappa shape index (κ3) is 6.19. The number of hydrogen-bond acceptors (Lipinski definition) is 4. The molecule has 4 heteroatoms. The van der Waals surface area contributed by atoms with Crippen LogP contribution < -0.4 is 5.32 Å². The largest absolute Gasteiger partial charge is 0.468 e. The van der Waals surface area contributed by atoms with Gasteiger partial charge in [0, 0.05) is 12.2 Å². The van der Waals surface area contributed by atoms with Crippen molar-refractivity contribution in [2.45, 2.75) is 32.9 Å². The van der Waals surface area contributed by atoms with Crippen LogP contribution in [0.3, 0.4) is 0 Å². The molecule has 0 aliphatic heterocycles. The summed E-state index contributed by atoms with van der Waals surface area (Å²) in [5, 5.41) is 3.34. The summed E-state index contributed by atoms with van der Waals surface area (Å²) in [6.07, 6.45) is 3.94. The van der Waals surface area contributed by atoms with E-state index in [0.29, 0.717) is 6.61 Å². The topological polar surface area (TPSA) is 37.6 Å². The molecule has 0 amide bonds. The summed E-state index contributed by atoms with van der Waals surface area (Å²) in [4.78, 5) is 2.17. The fourth-order valence-corrected chi connectivity index (χ4v) is 1.69. The van der Waals surface area contributed by atoms with E-state index in [4.69, 9.17) is 9.15 Å². The van der Waals surface area contributed by atoms with E-state index in [1.165, 1.54) is 0 Å². The van der Waals surface area contributed by atoms with Crippen LogP contribution in [-0.4, -0.2) is 38.7 Å². The maximum Gasteiger partial charge on any atom is 0.123 e. The Hall–Kier alpha value is -0.840. The SMILES string of the molecule is CCCNCc1occc1COCCCN(C)C. The lowest BCUT2D eigenvalue weighted by molar-refractivity contribution is 0.112. The van der Waals surface area contributed by atoms with Crippen molar-refractivity contribution in [2.75, 3.05) is 33.8 Å². The highest BCUT2D eigenvalue weighted by Gasteiger charge is 2.05. The molecule has 0 aromatic carbocycles. The predicted molar refractivity (Wildman–Crippen MR) is 73.5 cm³/mol. The van der Waals surface area contributed by atoms with Gasteiger partial charge in [0.2, 0.25) is 0 Å². The van der Waals surface area contributed by atoms with Gasteiger partial charge in [0.1, 0.15) is 5.76 Å². The fraction of sp³-hybridized carbons (Fsp3) is 0.714. The minimum absolute atomic E-state index is 0.646. The predicted octanol–water partition coefficient (Wildman–Crippen LogP) is 2.25. The monoisotopic (exact) mass is 254 g/mol. The Kier molecular flexibility index (Phi) is 7.73. The van der Waals surface area contributed by atoms with Gasteiger partial charge in [0.25, 0.3) is 0 Å². The molecule has 1 rings (SSSR count). The number of nitrogens with one attached hydrogen (secondary N) is 1. The molecule has 0 fully saturated rings. The van der Waals surface area contributed by atoms with E-state index in [1.54, 1.807) is 6.26 Å². The van der Waals surface area contributed by atoms with Crippen molar-refractivity contribution in [1.82, 2.24) is 10.2 Å². The summed E-state index contributed by atoms with van der Waals surface area (Å²) < 4.78 is 11.1. The van der Waals surface area contributed by atoms with E-state index in [2.05, 4.69) is 31.2 Å². The Morgan fingerprint density at radius 1 is 1.39 bits per heavy atom. The van der Waals surface area contributed by atoms with Crippen LogP contribution in [0.4, 0.5) is 0 Å². The minimum Gasteiger partial charge on any atom is -0.468 e. The highest BCUT2D eigenvalue weighted by Crippen LogP contribution is 2.11. The smallest absolute Gasteiger partial charge is 0.123 e. The summed E-state index contributed by atoms with van der Waals surface area (Å²) in [6.45, 7) is 6.47. The minimum atomic E-state index is 0.646. The van der Waals surface area contributed by atoms with Crippen LogP contribution in [0.5, 0.6) is 0 Å². The maximum atomic E-state index is 5.66.